The molecule has 2 aliphatic heterocycles. The molecule has 15 heavy (non-hydrogen) atoms. The molecule has 2 aliphatic rings. The Kier molecular flexibility index (Phi) is 3.77. The Morgan fingerprint density at radius 2 is 1.87 bits per heavy atom. The van der Waals surface area contributed by atoms with Crippen LogP contribution in [0.2, 0.25) is 0 Å². The van der Waals surface area contributed by atoms with Gasteiger partial charge in [-0.2, -0.15) is 0 Å². The third-order valence-corrected chi connectivity index (χ3v) is 3.88. The van der Waals surface area contributed by atoms with Crippen LogP contribution in [0.1, 0.15) is 12.8 Å². The second-order valence-corrected chi connectivity index (χ2v) is 5.78. The molecule has 1 atom stereocenters. The lowest BCUT2D eigenvalue weighted by Crippen LogP contribution is -2.46. The van der Waals surface area contributed by atoms with E-state index in [2.05, 4.69) is 4.90 Å². The highest BCUT2D eigenvalue weighted by atomic mass is 32.2. The first kappa shape index (κ1) is 11.5. The van der Waals surface area contributed by atoms with Crippen molar-refractivity contribution >= 4 is 10.8 Å². The van der Waals surface area contributed by atoms with E-state index in [0.29, 0.717) is 0 Å². The van der Waals surface area contributed by atoms with E-state index in [0.717, 1.165) is 51.4 Å². The maximum Gasteiger partial charge on any atom is 0.170 e. The molecule has 0 aromatic rings. The predicted molar refractivity (Wildman–Crippen MR) is 59.2 cm³/mol. The SMILES string of the molecule is CS(=O)CCN1CCC2(CC1)OCCO2. The van der Waals surface area contributed by atoms with E-state index in [4.69, 9.17) is 9.47 Å². The maximum absolute atomic E-state index is 11.0. The molecule has 0 radical (unpaired) electrons. The molecule has 88 valence electrons. The molecule has 4 nitrogen and oxygen atoms in total. The molecule has 0 saturated carbocycles. The lowest BCUT2D eigenvalue weighted by atomic mass is 10.0. The first-order valence-electron chi connectivity index (χ1n) is 5.50. The van der Waals surface area contributed by atoms with Crippen LogP contribution in [0.5, 0.6) is 0 Å². The lowest BCUT2D eigenvalue weighted by molar-refractivity contribution is -0.184. The van der Waals surface area contributed by atoms with Gasteiger partial charge in [0.15, 0.2) is 5.79 Å². The van der Waals surface area contributed by atoms with Crippen LogP contribution < -0.4 is 0 Å². The monoisotopic (exact) mass is 233 g/mol. The van der Waals surface area contributed by atoms with Crippen molar-refractivity contribution in [3.63, 3.8) is 0 Å². The van der Waals surface area contributed by atoms with Crippen molar-refractivity contribution in [2.45, 2.75) is 18.6 Å². The molecule has 1 spiro atoms. The maximum atomic E-state index is 11.0. The van der Waals surface area contributed by atoms with Crippen molar-refractivity contribution in [1.29, 1.82) is 0 Å². The fraction of sp³-hybridized carbons (Fsp3) is 1.00. The van der Waals surface area contributed by atoms with Gasteiger partial charge >= 0.3 is 0 Å². The molecule has 0 bridgehead atoms. The van der Waals surface area contributed by atoms with E-state index >= 15 is 0 Å². The van der Waals surface area contributed by atoms with Gasteiger partial charge in [0.05, 0.1) is 13.2 Å². The molecule has 2 saturated heterocycles. The highest BCUT2D eigenvalue weighted by Crippen LogP contribution is 2.30. The van der Waals surface area contributed by atoms with Gasteiger partial charge in [-0.25, -0.2) is 0 Å². The standard InChI is InChI=1S/C10H19NO3S/c1-15(12)9-6-11-4-2-10(3-5-11)13-7-8-14-10/h2-9H2,1H3. The lowest BCUT2D eigenvalue weighted by Gasteiger charge is -2.37. The van der Waals surface area contributed by atoms with Crippen molar-refractivity contribution in [2.24, 2.45) is 0 Å². The summed E-state index contributed by atoms with van der Waals surface area (Å²) >= 11 is 0. The molecular weight excluding hydrogens is 214 g/mol. The molecule has 0 aromatic heterocycles. The quantitative estimate of drug-likeness (QED) is 0.698. The average Bonchev–Trinajstić information content (AvgIpc) is 2.66. The first-order valence-corrected chi connectivity index (χ1v) is 7.23. The smallest absolute Gasteiger partial charge is 0.170 e. The van der Waals surface area contributed by atoms with Gasteiger partial charge in [-0.1, -0.05) is 0 Å². The zero-order valence-corrected chi connectivity index (χ0v) is 10.1. The van der Waals surface area contributed by atoms with Crippen molar-refractivity contribution in [3.05, 3.63) is 0 Å². The van der Waals surface area contributed by atoms with E-state index < -0.39 is 10.8 Å². The Balaban J connectivity index is 1.74. The molecule has 0 N–H and O–H groups in total. The molecule has 2 fully saturated rings. The summed E-state index contributed by atoms with van der Waals surface area (Å²) in [6.07, 6.45) is 3.65. The van der Waals surface area contributed by atoms with Crippen LogP contribution in [-0.4, -0.2) is 59.8 Å². The number of ether oxygens (including phenoxy) is 2. The Bertz CT molecular complexity index is 231. The first-order chi connectivity index (χ1) is 7.20. The summed E-state index contributed by atoms with van der Waals surface area (Å²) in [5, 5.41) is 0. The van der Waals surface area contributed by atoms with Gasteiger partial charge < -0.3 is 14.4 Å². The number of rotatable bonds is 3. The van der Waals surface area contributed by atoms with E-state index in [9.17, 15) is 4.21 Å². The second-order valence-electron chi connectivity index (χ2n) is 4.23. The fourth-order valence-electron chi connectivity index (χ4n) is 2.16. The third kappa shape index (κ3) is 3.00. The predicted octanol–water partition coefficient (Wildman–Crippen LogP) is 0.204. The van der Waals surface area contributed by atoms with Crippen LogP contribution in [-0.2, 0) is 20.3 Å². The average molecular weight is 233 g/mol. The van der Waals surface area contributed by atoms with Crippen LogP contribution in [0.4, 0.5) is 0 Å². The number of piperidine rings is 1. The van der Waals surface area contributed by atoms with Gasteiger partial charge in [0.2, 0.25) is 0 Å². The molecule has 5 heteroatoms. The van der Waals surface area contributed by atoms with Crippen LogP contribution in [0, 0.1) is 0 Å². The Hall–Kier alpha value is 0.0300. The molecule has 2 heterocycles. The zero-order chi connectivity index (χ0) is 10.7. The van der Waals surface area contributed by atoms with E-state index in [-0.39, 0.29) is 5.79 Å². The van der Waals surface area contributed by atoms with Crippen molar-refractivity contribution < 1.29 is 13.7 Å². The fourth-order valence-corrected chi connectivity index (χ4v) is 2.68. The molecule has 0 aliphatic carbocycles. The van der Waals surface area contributed by atoms with E-state index in [1.165, 1.54) is 0 Å². The molecular formula is C10H19NO3S. The largest absolute Gasteiger partial charge is 0.347 e. The summed E-state index contributed by atoms with van der Waals surface area (Å²) in [4.78, 5) is 2.34. The highest BCUT2D eigenvalue weighted by Gasteiger charge is 2.39. The molecule has 2 rings (SSSR count). The summed E-state index contributed by atoms with van der Waals surface area (Å²) in [5.41, 5.74) is 0. The highest BCUT2D eigenvalue weighted by molar-refractivity contribution is 7.84. The summed E-state index contributed by atoms with van der Waals surface area (Å²) in [6, 6.07) is 0. The van der Waals surface area contributed by atoms with E-state index in [1.54, 1.807) is 6.26 Å². The van der Waals surface area contributed by atoms with Gasteiger partial charge in [-0.15, -0.1) is 0 Å². The molecule has 0 aromatic carbocycles. The van der Waals surface area contributed by atoms with Crippen LogP contribution in [0.15, 0.2) is 0 Å². The minimum atomic E-state index is -0.682. The Morgan fingerprint density at radius 3 is 2.40 bits per heavy atom. The number of hydrogen-bond donors (Lipinski definition) is 0. The topological polar surface area (TPSA) is 38.8 Å². The minimum absolute atomic E-state index is 0.276. The van der Waals surface area contributed by atoms with Crippen LogP contribution in [0.25, 0.3) is 0 Å². The molecule has 1 unspecified atom stereocenters. The summed E-state index contributed by atoms with van der Waals surface area (Å²) in [6.45, 7) is 4.39. The normalized spacial score (nSPS) is 28.3. The Labute approximate surface area is 93.4 Å². The van der Waals surface area contributed by atoms with Gasteiger partial charge in [0.1, 0.15) is 0 Å². The summed E-state index contributed by atoms with van der Waals surface area (Å²) in [5.74, 6) is 0.497. The zero-order valence-electron chi connectivity index (χ0n) is 9.24. The van der Waals surface area contributed by atoms with E-state index in [1.807, 2.05) is 0 Å². The van der Waals surface area contributed by atoms with Crippen molar-refractivity contribution in [3.8, 4) is 0 Å². The van der Waals surface area contributed by atoms with Gasteiger partial charge in [0, 0.05) is 55.3 Å². The third-order valence-electron chi connectivity index (χ3n) is 3.13. The number of likely N-dealkylation sites (tertiary alicyclic amines) is 1. The van der Waals surface area contributed by atoms with Gasteiger partial charge in [0.25, 0.3) is 0 Å². The van der Waals surface area contributed by atoms with Crippen LogP contribution in [0.3, 0.4) is 0 Å². The summed E-state index contributed by atoms with van der Waals surface area (Å²) in [7, 11) is -0.682. The molecule has 0 amide bonds. The van der Waals surface area contributed by atoms with Crippen molar-refractivity contribution in [2.75, 3.05) is 44.9 Å². The van der Waals surface area contributed by atoms with Gasteiger partial charge in [-0.3, -0.25) is 4.21 Å². The van der Waals surface area contributed by atoms with Crippen molar-refractivity contribution in [1.82, 2.24) is 4.90 Å². The number of hydrogen-bond acceptors (Lipinski definition) is 4. The number of nitrogens with zero attached hydrogens (tertiary/aromatic N) is 1. The van der Waals surface area contributed by atoms with Crippen LogP contribution >= 0.6 is 0 Å². The minimum Gasteiger partial charge on any atom is -0.347 e. The second kappa shape index (κ2) is 4.91. The van der Waals surface area contributed by atoms with Gasteiger partial charge in [-0.05, 0) is 0 Å². The Morgan fingerprint density at radius 1 is 1.27 bits per heavy atom. The summed E-state index contributed by atoms with van der Waals surface area (Å²) < 4.78 is 22.3.